The van der Waals surface area contributed by atoms with E-state index in [0.717, 1.165) is 12.8 Å². The highest BCUT2D eigenvalue weighted by atomic mass is 15.0. The first-order valence-electron chi connectivity index (χ1n) is 17.5. The fraction of sp³-hybridized carbons (Fsp3) is 0.0417. The van der Waals surface area contributed by atoms with E-state index in [-0.39, 0.29) is 0 Å². The normalized spacial score (nSPS) is 12.8. The number of para-hydroxylation sites is 4. The molecule has 9 aromatic rings. The van der Waals surface area contributed by atoms with Gasteiger partial charge in [0.1, 0.15) is 0 Å². The van der Waals surface area contributed by atoms with E-state index < -0.39 is 0 Å². The lowest BCUT2D eigenvalue weighted by atomic mass is 9.90. The SMILES string of the molecule is C1=C(c2ccc3c(c2)c2ccccc2n3-c2ccccc2-c2ccccc2)CCc2c1c1ccccc1n2-c1ccccc1-c1ccccc1. The summed E-state index contributed by atoms with van der Waals surface area (Å²) in [4.78, 5) is 0. The van der Waals surface area contributed by atoms with E-state index >= 15 is 0 Å². The van der Waals surface area contributed by atoms with Crippen LogP contribution in [0.1, 0.15) is 23.2 Å². The summed E-state index contributed by atoms with van der Waals surface area (Å²) in [5.74, 6) is 0. The minimum absolute atomic E-state index is 0.975. The highest BCUT2D eigenvalue weighted by Crippen LogP contribution is 2.42. The molecule has 0 saturated heterocycles. The number of aromatic nitrogens is 2. The van der Waals surface area contributed by atoms with E-state index in [4.69, 9.17) is 0 Å². The zero-order valence-electron chi connectivity index (χ0n) is 27.6. The van der Waals surface area contributed by atoms with E-state index in [0.29, 0.717) is 0 Å². The summed E-state index contributed by atoms with van der Waals surface area (Å²) in [5.41, 5.74) is 16.5. The Labute approximate surface area is 291 Å². The van der Waals surface area contributed by atoms with Crippen LogP contribution in [0.25, 0.3) is 78.0 Å². The van der Waals surface area contributed by atoms with E-state index in [1.807, 2.05) is 0 Å². The maximum atomic E-state index is 2.52. The first-order chi connectivity index (χ1) is 24.8. The van der Waals surface area contributed by atoms with Gasteiger partial charge in [0, 0.05) is 38.5 Å². The number of hydrogen-bond acceptors (Lipinski definition) is 0. The van der Waals surface area contributed by atoms with Crippen molar-refractivity contribution in [2.24, 2.45) is 0 Å². The molecule has 0 N–H and O–H groups in total. The molecule has 1 aliphatic rings. The molecule has 10 rings (SSSR count). The lowest BCUT2D eigenvalue weighted by Gasteiger charge is -2.20. The quantitative estimate of drug-likeness (QED) is 0.178. The van der Waals surface area contributed by atoms with Gasteiger partial charge in [-0.1, -0.05) is 140 Å². The van der Waals surface area contributed by atoms with Crippen LogP contribution < -0.4 is 0 Å². The van der Waals surface area contributed by atoms with Gasteiger partial charge in [0.15, 0.2) is 0 Å². The highest BCUT2D eigenvalue weighted by molar-refractivity contribution is 6.11. The molecule has 0 atom stereocenters. The third-order valence-electron chi connectivity index (χ3n) is 10.5. The van der Waals surface area contributed by atoms with Gasteiger partial charge in [-0.25, -0.2) is 0 Å². The molecule has 2 heteroatoms. The van der Waals surface area contributed by atoms with Gasteiger partial charge in [-0.2, -0.15) is 0 Å². The zero-order chi connectivity index (χ0) is 33.0. The number of benzene rings is 7. The molecule has 0 radical (unpaired) electrons. The Morgan fingerprint density at radius 1 is 0.360 bits per heavy atom. The molecule has 0 aliphatic heterocycles. The molecule has 1 aliphatic carbocycles. The zero-order valence-corrected chi connectivity index (χ0v) is 27.6. The number of rotatable bonds is 5. The molecule has 0 unspecified atom stereocenters. The molecule has 0 spiro atoms. The van der Waals surface area contributed by atoms with Crippen LogP contribution >= 0.6 is 0 Å². The predicted molar refractivity (Wildman–Crippen MR) is 211 cm³/mol. The number of fused-ring (bicyclic) bond motifs is 6. The van der Waals surface area contributed by atoms with Gasteiger partial charge in [0.25, 0.3) is 0 Å². The molecule has 2 aromatic heterocycles. The fourth-order valence-electron chi connectivity index (χ4n) is 8.22. The van der Waals surface area contributed by atoms with Crippen LogP contribution in [-0.4, -0.2) is 9.13 Å². The first kappa shape index (κ1) is 28.6. The molecular formula is C48H34N2. The summed E-state index contributed by atoms with van der Waals surface area (Å²) in [6.07, 6.45) is 4.43. The largest absolute Gasteiger partial charge is 0.312 e. The smallest absolute Gasteiger partial charge is 0.0541 e. The van der Waals surface area contributed by atoms with E-state index in [2.05, 4.69) is 191 Å². The first-order valence-corrected chi connectivity index (χ1v) is 17.5. The monoisotopic (exact) mass is 638 g/mol. The topological polar surface area (TPSA) is 9.86 Å². The van der Waals surface area contributed by atoms with E-state index in [9.17, 15) is 0 Å². The van der Waals surface area contributed by atoms with Crippen molar-refractivity contribution < 1.29 is 0 Å². The molecule has 7 aromatic carbocycles. The Kier molecular flexibility index (Phi) is 6.67. The Bertz CT molecular complexity index is 2740. The summed E-state index contributed by atoms with van der Waals surface area (Å²) in [7, 11) is 0. The number of nitrogens with zero attached hydrogens (tertiary/aromatic N) is 2. The van der Waals surface area contributed by atoms with Crippen molar-refractivity contribution in [3.63, 3.8) is 0 Å². The molecular weight excluding hydrogens is 605 g/mol. The second kappa shape index (κ2) is 11.6. The molecule has 0 amide bonds. The third-order valence-corrected chi connectivity index (χ3v) is 10.5. The summed E-state index contributed by atoms with van der Waals surface area (Å²) >= 11 is 0. The van der Waals surface area contributed by atoms with Crippen LogP contribution in [-0.2, 0) is 6.42 Å². The van der Waals surface area contributed by atoms with Gasteiger partial charge < -0.3 is 9.13 Å². The van der Waals surface area contributed by atoms with Gasteiger partial charge in [-0.3, -0.25) is 0 Å². The van der Waals surface area contributed by atoms with Crippen molar-refractivity contribution in [2.45, 2.75) is 12.8 Å². The Hall–Kier alpha value is -6.38. The van der Waals surface area contributed by atoms with Crippen LogP contribution in [0.15, 0.2) is 176 Å². The van der Waals surface area contributed by atoms with Crippen LogP contribution in [0.3, 0.4) is 0 Å². The van der Waals surface area contributed by atoms with Crippen molar-refractivity contribution in [3.8, 4) is 33.6 Å². The molecule has 50 heavy (non-hydrogen) atoms. The van der Waals surface area contributed by atoms with Gasteiger partial charge in [-0.15, -0.1) is 0 Å². The van der Waals surface area contributed by atoms with Crippen LogP contribution in [0.4, 0.5) is 0 Å². The molecule has 0 fully saturated rings. The maximum absolute atomic E-state index is 2.52. The van der Waals surface area contributed by atoms with Crippen LogP contribution in [0, 0.1) is 0 Å². The van der Waals surface area contributed by atoms with Crippen molar-refractivity contribution in [2.75, 3.05) is 0 Å². The van der Waals surface area contributed by atoms with Crippen molar-refractivity contribution in [3.05, 3.63) is 193 Å². The minimum Gasteiger partial charge on any atom is -0.312 e. The molecule has 2 nitrogen and oxygen atoms in total. The van der Waals surface area contributed by atoms with Gasteiger partial charge in [0.05, 0.1) is 27.9 Å². The van der Waals surface area contributed by atoms with Crippen molar-refractivity contribution in [1.29, 1.82) is 0 Å². The highest BCUT2D eigenvalue weighted by Gasteiger charge is 2.24. The van der Waals surface area contributed by atoms with E-state index in [1.165, 1.54) is 88.7 Å². The second-order valence-electron chi connectivity index (χ2n) is 13.2. The summed E-state index contributed by atoms with van der Waals surface area (Å²) in [6.45, 7) is 0. The van der Waals surface area contributed by atoms with Crippen molar-refractivity contribution in [1.82, 2.24) is 9.13 Å². The molecule has 2 heterocycles. The molecule has 236 valence electrons. The Morgan fingerprint density at radius 2 is 0.880 bits per heavy atom. The Balaban J connectivity index is 1.14. The Morgan fingerprint density at radius 3 is 1.56 bits per heavy atom. The number of hydrogen-bond donors (Lipinski definition) is 0. The summed E-state index contributed by atoms with van der Waals surface area (Å²) in [6, 6.07) is 63.9. The van der Waals surface area contributed by atoms with Crippen molar-refractivity contribution >= 4 is 44.4 Å². The third kappa shape index (κ3) is 4.49. The minimum atomic E-state index is 0.975. The average molecular weight is 639 g/mol. The standard InChI is InChI=1S/C48H34N2/c1-3-15-33(16-4-1)37-19-7-11-23-43(37)49-45-25-13-9-21-39(45)41-31-35(27-29-47(41)49)36-28-30-48-42(32-36)40-22-10-14-26-46(40)50(48)44-24-12-8-20-38(44)34-17-5-2-6-18-34/h1-27,29,31-32H,28,30H2. The van der Waals surface area contributed by atoms with Gasteiger partial charge in [0.2, 0.25) is 0 Å². The second-order valence-corrected chi connectivity index (χ2v) is 13.2. The molecule has 0 bridgehead atoms. The summed E-state index contributed by atoms with van der Waals surface area (Å²) in [5, 5.41) is 3.86. The van der Waals surface area contributed by atoms with Gasteiger partial charge in [-0.05, 0) is 77.6 Å². The predicted octanol–water partition coefficient (Wildman–Crippen LogP) is 12.5. The number of allylic oxidation sites excluding steroid dienone is 1. The van der Waals surface area contributed by atoms with Crippen LogP contribution in [0.5, 0.6) is 0 Å². The summed E-state index contributed by atoms with van der Waals surface area (Å²) < 4.78 is 4.96. The average Bonchev–Trinajstić information content (AvgIpc) is 3.70. The lowest BCUT2D eigenvalue weighted by Crippen LogP contribution is -2.06. The van der Waals surface area contributed by atoms with E-state index in [1.54, 1.807) is 0 Å². The van der Waals surface area contributed by atoms with Gasteiger partial charge >= 0.3 is 0 Å². The molecule has 0 saturated carbocycles. The lowest BCUT2D eigenvalue weighted by molar-refractivity contribution is 0.899. The van der Waals surface area contributed by atoms with Crippen LogP contribution in [0.2, 0.25) is 0 Å². The fourth-order valence-corrected chi connectivity index (χ4v) is 8.22. The maximum Gasteiger partial charge on any atom is 0.0541 e.